The summed E-state index contributed by atoms with van der Waals surface area (Å²) in [7, 11) is 0. The lowest BCUT2D eigenvalue weighted by atomic mass is 10.0. The Morgan fingerprint density at radius 3 is 2.29 bits per heavy atom. The molecule has 0 saturated carbocycles. The first kappa shape index (κ1) is 13.5. The predicted octanol–water partition coefficient (Wildman–Crippen LogP) is 3.04. The molecular formula is C12H20ClN. The second-order valence-corrected chi connectivity index (χ2v) is 3.35. The highest BCUT2D eigenvalue weighted by Crippen LogP contribution is 2.04. The molecule has 1 atom stereocenters. The number of hydrogen-bond acceptors (Lipinski definition) is 1. The van der Waals surface area contributed by atoms with Gasteiger partial charge in [0.2, 0.25) is 0 Å². The minimum Gasteiger partial charge on any atom is -0.314 e. The number of likely N-dealkylation sites (N-methyl/N-ethyl adjacent to an activating group) is 1. The molecule has 0 heterocycles. The Balaban J connectivity index is 0.00000169. The average molecular weight is 214 g/mol. The lowest BCUT2D eigenvalue weighted by molar-refractivity contribution is 0.510. The van der Waals surface area contributed by atoms with E-state index in [0.29, 0.717) is 6.04 Å². The van der Waals surface area contributed by atoms with Crippen LogP contribution in [0.5, 0.6) is 0 Å². The third kappa shape index (κ3) is 4.64. The fourth-order valence-corrected chi connectivity index (χ4v) is 1.55. The van der Waals surface area contributed by atoms with Gasteiger partial charge in [0.15, 0.2) is 0 Å². The van der Waals surface area contributed by atoms with Crippen LogP contribution in [0.3, 0.4) is 0 Å². The summed E-state index contributed by atoms with van der Waals surface area (Å²) >= 11 is 0. The molecule has 0 aliphatic rings. The molecule has 1 rings (SSSR count). The van der Waals surface area contributed by atoms with Gasteiger partial charge in [-0.1, -0.05) is 44.2 Å². The monoisotopic (exact) mass is 213 g/mol. The molecule has 0 aliphatic heterocycles. The molecule has 0 aromatic heterocycles. The van der Waals surface area contributed by atoms with Gasteiger partial charge < -0.3 is 5.32 Å². The molecule has 1 N–H and O–H groups in total. The highest BCUT2D eigenvalue weighted by Gasteiger charge is 2.04. The van der Waals surface area contributed by atoms with E-state index in [2.05, 4.69) is 49.5 Å². The van der Waals surface area contributed by atoms with Gasteiger partial charge in [-0.25, -0.2) is 0 Å². The molecule has 80 valence electrons. The second kappa shape index (κ2) is 7.84. The van der Waals surface area contributed by atoms with Crippen molar-refractivity contribution in [3.8, 4) is 0 Å². The molecule has 1 aromatic rings. The summed E-state index contributed by atoms with van der Waals surface area (Å²) in [5.41, 5.74) is 1.43. The van der Waals surface area contributed by atoms with Crippen molar-refractivity contribution in [2.45, 2.75) is 32.7 Å². The van der Waals surface area contributed by atoms with E-state index in [1.165, 1.54) is 12.0 Å². The number of nitrogens with one attached hydrogen (secondary N) is 1. The van der Waals surface area contributed by atoms with Crippen molar-refractivity contribution in [3.05, 3.63) is 35.9 Å². The third-order valence-corrected chi connectivity index (χ3v) is 2.31. The largest absolute Gasteiger partial charge is 0.314 e. The van der Waals surface area contributed by atoms with E-state index < -0.39 is 0 Å². The van der Waals surface area contributed by atoms with Gasteiger partial charge in [-0.05, 0) is 24.9 Å². The number of benzene rings is 1. The highest BCUT2D eigenvalue weighted by molar-refractivity contribution is 5.85. The minimum atomic E-state index is 0. The number of hydrogen-bond donors (Lipinski definition) is 1. The van der Waals surface area contributed by atoms with E-state index in [0.717, 1.165) is 13.0 Å². The van der Waals surface area contributed by atoms with Gasteiger partial charge in [-0.15, -0.1) is 12.4 Å². The first-order chi connectivity index (χ1) is 6.36. The zero-order valence-corrected chi connectivity index (χ0v) is 9.81. The van der Waals surface area contributed by atoms with Crippen LogP contribution >= 0.6 is 12.4 Å². The van der Waals surface area contributed by atoms with E-state index in [-0.39, 0.29) is 12.4 Å². The van der Waals surface area contributed by atoms with Crippen molar-refractivity contribution in [1.29, 1.82) is 0 Å². The molecule has 0 aliphatic carbocycles. The fraction of sp³-hybridized carbons (Fsp3) is 0.500. The van der Waals surface area contributed by atoms with Gasteiger partial charge >= 0.3 is 0 Å². The molecule has 1 unspecified atom stereocenters. The SMILES string of the molecule is CCNC(CC)Cc1ccccc1.Cl. The van der Waals surface area contributed by atoms with Gasteiger partial charge in [0.1, 0.15) is 0 Å². The van der Waals surface area contributed by atoms with Crippen LogP contribution in [0, 0.1) is 0 Å². The van der Waals surface area contributed by atoms with Gasteiger partial charge in [0.25, 0.3) is 0 Å². The number of halogens is 1. The van der Waals surface area contributed by atoms with Crippen molar-refractivity contribution in [1.82, 2.24) is 5.32 Å². The van der Waals surface area contributed by atoms with Crippen LogP contribution in [0.4, 0.5) is 0 Å². The summed E-state index contributed by atoms with van der Waals surface area (Å²) in [5, 5.41) is 3.48. The summed E-state index contributed by atoms with van der Waals surface area (Å²) in [6.45, 7) is 5.45. The zero-order chi connectivity index (χ0) is 9.52. The Labute approximate surface area is 93.3 Å². The molecule has 2 heteroatoms. The van der Waals surface area contributed by atoms with Crippen molar-refractivity contribution >= 4 is 12.4 Å². The molecule has 0 spiro atoms. The standard InChI is InChI=1S/C12H19N.ClH/c1-3-12(13-4-2)10-11-8-6-5-7-9-11;/h5-9,12-13H,3-4,10H2,1-2H3;1H. The molecule has 1 nitrogen and oxygen atoms in total. The zero-order valence-electron chi connectivity index (χ0n) is 8.99. The van der Waals surface area contributed by atoms with E-state index in [1.807, 2.05) is 0 Å². The summed E-state index contributed by atoms with van der Waals surface area (Å²) < 4.78 is 0. The topological polar surface area (TPSA) is 12.0 Å². The smallest absolute Gasteiger partial charge is 0.0105 e. The molecule has 0 fully saturated rings. The van der Waals surface area contributed by atoms with Crippen LogP contribution in [0.2, 0.25) is 0 Å². The van der Waals surface area contributed by atoms with Crippen LogP contribution in [0.1, 0.15) is 25.8 Å². The highest BCUT2D eigenvalue weighted by atomic mass is 35.5. The van der Waals surface area contributed by atoms with Crippen LogP contribution in [-0.4, -0.2) is 12.6 Å². The fourth-order valence-electron chi connectivity index (χ4n) is 1.55. The van der Waals surface area contributed by atoms with Crippen molar-refractivity contribution in [3.63, 3.8) is 0 Å². The van der Waals surface area contributed by atoms with E-state index in [1.54, 1.807) is 0 Å². The Morgan fingerprint density at radius 2 is 1.79 bits per heavy atom. The maximum absolute atomic E-state index is 3.48. The summed E-state index contributed by atoms with van der Waals surface area (Å²) in [6.07, 6.45) is 2.34. The Hall–Kier alpha value is -0.530. The van der Waals surface area contributed by atoms with E-state index >= 15 is 0 Å². The van der Waals surface area contributed by atoms with Gasteiger partial charge in [-0.3, -0.25) is 0 Å². The molecule has 14 heavy (non-hydrogen) atoms. The number of rotatable bonds is 5. The van der Waals surface area contributed by atoms with Crippen LogP contribution < -0.4 is 5.32 Å². The Bertz CT molecular complexity index is 223. The lowest BCUT2D eigenvalue weighted by Crippen LogP contribution is -2.30. The van der Waals surface area contributed by atoms with Crippen molar-refractivity contribution in [2.24, 2.45) is 0 Å². The molecule has 1 aromatic carbocycles. The minimum absolute atomic E-state index is 0. The van der Waals surface area contributed by atoms with Crippen molar-refractivity contribution < 1.29 is 0 Å². The second-order valence-electron chi connectivity index (χ2n) is 3.35. The molecule has 0 radical (unpaired) electrons. The molecular weight excluding hydrogens is 194 g/mol. The molecule has 0 saturated heterocycles. The normalized spacial score (nSPS) is 11.9. The van der Waals surface area contributed by atoms with Gasteiger partial charge in [0.05, 0.1) is 0 Å². The maximum Gasteiger partial charge on any atom is 0.0105 e. The van der Waals surface area contributed by atoms with Crippen molar-refractivity contribution in [2.75, 3.05) is 6.54 Å². The summed E-state index contributed by atoms with van der Waals surface area (Å²) in [5.74, 6) is 0. The molecule has 0 amide bonds. The first-order valence-electron chi connectivity index (χ1n) is 5.14. The summed E-state index contributed by atoms with van der Waals surface area (Å²) in [4.78, 5) is 0. The quantitative estimate of drug-likeness (QED) is 0.793. The Kier molecular flexibility index (Phi) is 7.54. The molecule has 0 bridgehead atoms. The van der Waals surface area contributed by atoms with Gasteiger partial charge in [0, 0.05) is 6.04 Å². The van der Waals surface area contributed by atoms with Crippen LogP contribution in [-0.2, 0) is 6.42 Å². The van der Waals surface area contributed by atoms with E-state index in [9.17, 15) is 0 Å². The lowest BCUT2D eigenvalue weighted by Gasteiger charge is -2.15. The summed E-state index contributed by atoms with van der Waals surface area (Å²) in [6, 6.07) is 11.3. The van der Waals surface area contributed by atoms with Crippen LogP contribution in [0.25, 0.3) is 0 Å². The third-order valence-electron chi connectivity index (χ3n) is 2.31. The van der Waals surface area contributed by atoms with Gasteiger partial charge in [-0.2, -0.15) is 0 Å². The Morgan fingerprint density at radius 1 is 1.14 bits per heavy atom. The van der Waals surface area contributed by atoms with E-state index in [4.69, 9.17) is 0 Å². The maximum atomic E-state index is 3.48. The predicted molar refractivity (Wildman–Crippen MR) is 65.1 cm³/mol. The first-order valence-corrected chi connectivity index (χ1v) is 5.14. The van der Waals surface area contributed by atoms with Crippen LogP contribution in [0.15, 0.2) is 30.3 Å². The average Bonchev–Trinajstić information content (AvgIpc) is 2.19.